The van der Waals surface area contributed by atoms with Crippen LogP contribution in [-0.2, 0) is 14.0 Å². The number of rotatable bonds is 14. The Hall–Kier alpha value is -1.33. The van der Waals surface area contributed by atoms with Crippen LogP contribution in [0.4, 0.5) is 0 Å². The molecule has 0 aliphatic heterocycles. The van der Waals surface area contributed by atoms with Gasteiger partial charge in [-0.3, -0.25) is 4.79 Å². The highest BCUT2D eigenvalue weighted by Gasteiger charge is 2.49. The third-order valence-electron chi connectivity index (χ3n) is 6.74. The van der Waals surface area contributed by atoms with Crippen molar-refractivity contribution in [3.05, 3.63) is 60.7 Å². The molecule has 37 heavy (non-hydrogen) atoms. The van der Waals surface area contributed by atoms with Crippen molar-refractivity contribution in [2.75, 3.05) is 13.2 Å². The van der Waals surface area contributed by atoms with Crippen molar-refractivity contribution < 1.29 is 14.0 Å². The molecule has 0 saturated carbocycles. The van der Waals surface area contributed by atoms with Crippen LogP contribution >= 0.6 is 23.2 Å². The Kier molecular flexibility index (Phi) is 12.7. The van der Waals surface area contributed by atoms with Gasteiger partial charge in [-0.1, -0.05) is 107 Å². The molecule has 0 spiro atoms. The molecule has 0 fully saturated rings. The Labute approximate surface area is 236 Å². The number of ether oxygens (including phenoxy) is 1. The Morgan fingerprint density at radius 1 is 0.757 bits per heavy atom. The maximum absolute atomic E-state index is 11.9. The standard InChI is InChI=1S/C31H46Cl2O3Si/c1-30(2,3)29(34)35-24-28(33)27(32)22-16-8-7-9-17-23-36-37(31(4,5)6,25-18-12-10-13-19-25)26-20-14-11-15-21-26/h10-15,18-21,27-28H,7-9,16-17,22-24H2,1-6H3/t27-,28+/m1/s1. The highest BCUT2D eigenvalue weighted by molar-refractivity contribution is 6.99. The lowest BCUT2D eigenvalue weighted by Gasteiger charge is -2.43. The SMILES string of the molecule is CC(C)(C)C(=O)OC[C@H](Cl)[C@H](Cl)CCCCCCCO[Si](c1ccccc1)(c1ccccc1)C(C)(C)C. The summed E-state index contributed by atoms with van der Waals surface area (Å²) in [6.45, 7) is 13.4. The van der Waals surface area contributed by atoms with Crippen molar-refractivity contribution in [2.45, 2.75) is 95.9 Å². The molecule has 2 atom stereocenters. The fourth-order valence-corrected chi connectivity index (χ4v) is 9.64. The number of hydrogen-bond donors (Lipinski definition) is 0. The fourth-order valence-electron chi connectivity index (χ4n) is 4.62. The minimum Gasteiger partial charge on any atom is -0.464 e. The summed E-state index contributed by atoms with van der Waals surface area (Å²) in [4.78, 5) is 11.9. The largest absolute Gasteiger partial charge is 0.464 e. The molecule has 206 valence electrons. The van der Waals surface area contributed by atoms with Crippen LogP contribution in [0.5, 0.6) is 0 Å². The van der Waals surface area contributed by atoms with E-state index in [0.717, 1.165) is 45.1 Å². The number of benzene rings is 2. The van der Waals surface area contributed by atoms with E-state index in [2.05, 4.69) is 81.4 Å². The van der Waals surface area contributed by atoms with E-state index in [9.17, 15) is 4.79 Å². The molecule has 0 N–H and O–H groups in total. The van der Waals surface area contributed by atoms with Crippen molar-refractivity contribution in [2.24, 2.45) is 5.41 Å². The van der Waals surface area contributed by atoms with Crippen LogP contribution in [0.1, 0.15) is 80.1 Å². The van der Waals surface area contributed by atoms with Gasteiger partial charge < -0.3 is 9.16 Å². The van der Waals surface area contributed by atoms with Crippen molar-refractivity contribution in [3.63, 3.8) is 0 Å². The van der Waals surface area contributed by atoms with Gasteiger partial charge >= 0.3 is 5.97 Å². The monoisotopic (exact) mass is 564 g/mol. The molecule has 2 rings (SSSR count). The summed E-state index contributed by atoms with van der Waals surface area (Å²) in [5.41, 5.74) is -0.528. The summed E-state index contributed by atoms with van der Waals surface area (Å²) in [5.74, 6) is -0.248. The minimum absolute atomic E-state index is 0.00434. The zero-order valence-electron chi connectivity index (χ0n) is 23.6. The number of halogens is 2. The van der Waals surface area contributed by atoms with E-state index < -0.39 is 13.7 Å². The molecule has 2 aromatic carbocycles. The number of carbonyl (C=O) groups excluding carboxylic acids is 1. The average molecular weight is 566 g/mol. The molecule has 0 aromatic heterocycles. The first-order valence-corrected chi connectivity index (χ1v) is 16.4. The molecule has 0 aliphatic carbocycles. The number of carbonyl (C=O) groups is 1. The highest BCUT2D eigenvalue weighted by Crippen LogP contribution is 2.36. The molecular formula is C31H46Cl2O3Si. The summed E-state index contributed by atoms with van der Waals surface area (Å²) in [6, 6.07) is 21.6. The molecule has 6 heteroatoms. The van der Waals surface area contributed by atoms with Crippen molar-refractivity contribution in [1.29, 1.82) is 0 Å². The third kappa shape index (κ3) is 9.42. The molecule has 0 radical (unpaired) electrons. The van der Waals surface area contributed by atoms with Gasteiger partial charge in [0.1, 0.15) is 6.61 Å². The first-order valence-electron chi connectivity index (χ1n) is 13.6. The smallest absolute Gasteiger partial charge is 0.311 e. The zero-order valence-corrected chi connectivity index (χ0v) is 26.1. The van der Waals surface area contributed by atoms with Gasteiger partial charge in [0.2, 0.25) is 0 Å². The number of esters is 1. The topological polar surface area (TPSA) is 35.5 Å². The predicted octanol–water partition coefficient (Wildman–Crippen LogP) is 7.71. The Morgan fingerprint density at radius 2 is 1.24 bits per heavy atom. The first kappa shape index (κ1) is 31.9. The van der Waals surface area contributed by atoms with Gasteiger partial charge in [0.15, 0.2) is 0 Å². The number of alkyl halides is 2. The van der Waals surface area contributed by atoms with E-state index >= 15 is 0 Å². The summed E-state index contributed by atoms with van der Waals surface area (Å²) >= 11 is 12.8. The van der Waals surface area contributed by atoms with Gasteiger partial charge in [0.25, 0.3) is 8.32 Å². The van der Waals surface area contributed by atoms with Crippen LogP contribution in [0, 0.1) is 5.41 Å². The number of hydrogen-bond acceptors (Lipinski definition) is 3. The average Bonchev–Trinajstić information content (AvgIpc) is 2.85. The normalized spacial score (nSPS) is 14.3. The van der Waals surface area contributed by atoms with Crippen LogP contribution < -0.4 is 10.4 Å². The quantitative estimate of drug-likeness (QED) is 0.102. The lowest BCUT2D eigenvalue weighted by atomic mass is 9.97. The predicted molar refractivity (Wildman–Crippen MR) is 161 cm³/mol. The summed E-state index contributed by atoms with van der Waals surface area (Å²) in [6.07, 6.45) is 6.24. The molecule has 0 unspecified atom stereocenters. The summed E-state index contributed by atoms with van der Waals surface area (Å²) in [7, 11) is -2.45. The van der Waals surface area contributed by atoms with E-state index in [0.29, 0.717) is 0 Å². The van der Waals surface area contributed by atoms with Crippen molar-refractivity contribution in [1.82, 2.24) is 0 Å². The van der Waals surface area contributed by atoms with Crippen LogP contribution in [0.3, 0.4) is 0 Å². The molecule has 2 aromatic rings. The lowest BCUT2D eigenvalue weighted by Crippen LogP contribution is -2.66. The van der Waals surface area contributed by atoms with Gasteiger partial charge in [-0.25, -0.2) is 0 Å². The van der Waals surface area contributed by atoms with Gasteiger partial charge in [0, 0.05) is 6.61 Å². The maximum atomic E-state index is 11.9. The first-order chi connectivity index (χ1) is 17.4. The summed E-state index contributed by atoms with van der Waals surface area (Å²) < 4.78 is 12.3. The molecule has 0 saturated heterocycles. The van der Waals surface area contributed by atoms with E-state index in [-0.39, 0.29) is 28.4 Å². The van der Waals surface area contributed by atoms with Crippen LogP contribution in [0.25, 0.3) is 0 Å². The fraction of sp³-hybridized carbons (Fsp3) is 0.581. The second-order valence-electron chi connectivity index (χ2n) is 11.9. The summed E-state index contributed by atoms with van der Waals surface area (Å²) in [5, 5.41) is 2.08. The van der Waals surface area contributed by atoms with Crippen molar-refractivity contribution in [3.8, 4) is 0 Å². The van der Waals surface area contributed by atoms with E-state index in [1.54, 1.807) is 0 Å². The van der Waals surface area contributed by atoms with Gasteiger partial charge in [-0.05, 0) is 49.0 Å². The lowest BCUT2D eigenvalue weighted by molar-refractivity contribution is -0.152. The van der Waals surface area contributed by atoms with Gasteiger partial charge in [0.05, 0.1) is 16.2 Å². The molecule has 3 nitrogen and oxygen atoms in total. The molecule has 0 heterocycles. The molecule has 0 bridgehead atoms. The third-order valence-corrected chi connectivity index (χ3v) is 12.9. The molecular weight excluding hydrogens is 519 g/mol. The Balaban J connectivity index is 1.81. The maximum Gasteiger partial charge on any atom is 0.311 e. The Bertz CT molecular complexity index is 883. The number of unbranched alkanes of at least 4 members (excludes halogenated alkanes) is 4. The van der Waals surface area contributed by atoms with Crippen LogP contribution in [0.2, 0.25) is 5.04 Å². The van der Waals surface area contributed by atoms with Crippen LogP contribution in [0.15, 0.2) is 60.7 Å². The minimum atomic E-state index is -2.45. The van der Waals surface area contributed by atoms with Crippen molar-refractivity contribution >= 4 is 47.9 Å². The van der Waals surface area contributed by atoms with E-state index in [1.807, 2.05) is 20.8 Å². The molecule has 0 amide bonds. The second-order valence-corrected chi connectivity index (χ2v) is 17.4. The Morgan fingerprint density at radius 3 is 1.73 bits per heavy atom. The van der Waals surface area contributed by atoms with E-state index in [4.69, 9.17) is 32.4 Å². The van der Waals surface area contributed by atoms with Gasteiger partial charge in [-0.15, -0.1) is 23.2 Å². The zero-order chi connectivity index (χ0) is 27.5. The van der Waals surface area contributed by atoms with Gasteiger partial charge in [-0.2, -0.15) is 0 Å². The molecule has 0 aliphatic rings. The highest BCUT2D eigenvalue weighted by atomic mass is 35.5. The van der Waals surface area contributed by atoms with Crippen LogP contribution in [-0.4, -0.2) is 38.3 Å². The van der Waals surface area contributed by atoms with E-state index in [1.165, 1.54) is 10.4 Å². The second kappa shape index (κ2) is 14.7.